The monoisotopic (exact) mass is 226 g/mol. The van der Waals surface area contributed by atoms with Crippen LogP contribution in [0.5, 0.6) is 0 Å². The summed E-state index contributed by atoms with van der Waals surface area (Å²) in [5.41, 5.74) is -0.0576. The van der Waals surface area contributed by atoms with Crippen molar-refractivity contribution in [3.8, 4) is 0 Å². The van der Waals surface area contributed by atoms with Gasteiger partial charge in [0.2, 0.25) is 0 Å². The third-order valence-electron chi connectivity index (χ3n) is 4.35. The Morgan fingerprint density at radius 3 is 2.81 bits per heavy atom. The van der Waals surface area contributed by atoms with Crippen LogP contribution in [0.3, 0.4) is 0 Å². The number of hydrogen-bond acceptors (Lipinski definition) is 4. The minimum absolute atomic E-state index is 0.0576. The molecule has 4 aliphatic rings. The molecule has 2 atom stereocenters. The van der Waals surface area contributed by atoms with Crippen LogP contribution in [0.1, 0.15) is 19.3 Å². The molecule has 0 aliphatic carbocycles. The van der Waals surface area contributed by atoms with E-state index in [4.69, 9.17) is 9.47 Å². The maximum absolute atomic E-state index is 6.11. The molecule has 4 saturated heterocycles. The largest absolute Gasteiger partial charge is 0.383 e. The van der Waals surface area contributed by atoms with Gasteiger partial charge in [0, 0.05) is 25.6 Å². The van der Waals surface area contributed by atoms with Gasteiger partial charge in [-0.25, -0.2) is 0 Å². The van der Waals surface area contributed by atoms with Crippen LogP contribution in [0, 0.1) is 5.92 Å². The molecule has 0 amide bonds. The van der Waals surface area contributed by atoms with Crippen molar-refractivity contribution in [3.63, 3.8) is 0 Å². The van der Waals surface area contributed by atoms with Gasteiger partial charge in [-0.05, 0) is 32.4 Å². The van der Waals surface area contributed by atoms with Crippen molar-refractivity contribution in [1.82, 2.24) is 10.2 Å². The molecule has 92 valence electrons. The summed E-state index contributed by atoms with van der Waals surface area (Å²) in [5.74, 6) is 0.706. The molecule has 1 spiro atoms. The maximum Gasteiger partial charge on any atom is 0.135 e. The predicted octanol–water partition coefficient (Wildman–Crippen LogP) is 0.433. The Balaban J connectivity index is 1.72. The molecule has 4 nitrogen and oxygen atoms in total. The first-order chi connectivity index (χ1) is 7.82. The summed E-state index contributed by atoms with van der Waals surface area (Å²) in [4.78, 5) is 2.53. The number of nitrogens with zero attached hydrogens (tertiary/aromatic N) is 1. The number of rotatable bonds is 2. The van der Waals surface area contributed by atoms with Crippen LogP contribution in [-0.2, 0) is 9.47 Å². The molecular formula is C12H22N2O2. The highest BCUT2D eigenvalue weighted by Gasteiger charge is 2.49. The highest BCUT2D eigenvalue weighted by atomic mass is 16.5. The second-order valence-electron chi connectivity index (χ2n) is 5.37. The Labute approximate surface area is 97.3 Å². The second-order valence-corrected chi connectivity index (χ2v) is 5.37. The molecule has 4 fully saturated rings. The van der Waals surface area contributed by atoms with E-state index in [-0.39, 0.29) is 5.72 Å². The summed E-state index contributed by atoms with van der Waals surface area (Å²) >= 11 is 0. The fraction of sp³-hybridized carbons (Fsp3) is 1.00. The van der Waals surface area contributed by atoms with Crippen molar-refractivity contribution in [1.29, 1.82) is 0 Å². The van der Waals surface area contributed by atoms with Crippen LogP contribution in [-0.4, -0.2) is 56.6 Å². The van der Waals surface area contributed by atoms with E-state index < -0.39 is 0 Å². The summed E-state index contributed by atoms with van der Waals surface area (Å²) in [6.07, 6.45) is 3.64. The van der Waals surface area contributed by atoms with Gasteiger partial charge in [-0.3, -0.25) is 10.2 Å². The van der Waals surface area contributed by atoms with Gasteiger partial charge in [0.25, 0.3) is 0 Å². The van der Waals surface area contributed by atoms with Crippen molar-refractivity contribution in [2.24, 2.45) is 5.92 Å². The minimum Gasteiger partial charge on any atom is -0.383 e. The van der Waals surface area contributed by atoms with E-state index in [1.807, 2.05) is 0 Å². The molecule has 4 heteroatoms. The lowest BCUT2D eigenvalue weighted by Gasteiger charge is -2.56. The summed E-state index contributed by atoms with van der Waals surface area (Å²) in [5, 5.41) is 3.71. The van der Waals surface area contributed by atoms with Gasteiger partial charge >= 0.3 is 0 Å². The summed E-state index contributed by atoms with van der Waals surface area (Å²) in [6.45, 7) is 5.26. The molecule has 0 aromatic rings. The molecule has 2 unspecified atom stereocenters. The zero-order valence-corrected chi connectivity index (χ0v) is 10.1. The van der Waals surface area contributed by atoms with Crippen molar-refractivity contribution >= 4 is 0 Å². The summed E-state index contributed by atoms with van der Waals surface area (Å²) in [6, 6.07) is 0.472. The molecule has 0 saturated carbocycles. The van der Waals surface area contributed by atoms with Gasteiger partial charge in [-0.15, -0.1) is 0 Å². The normalized spacial score (nSPS) is 47.4. The lowest BCUT2D eigenvalue weighted by Crippen LogP contribution is -2.71. The van der Waals surface area contributed by atoms with E-state index in [1.54, 1.807) is 7.11 Å². The molecule has 0 radical (unpaired) electrons. The zero-order valence-electron chi connectivity index (χ0n) is 10.1. The highest BCUT2D eigenvalue weighted by molar-refractivity contribution is 5.01. The van der Waals surface area contributed by atoms with Crippen LogP contribution in [0.4, 0.5) is 0 Å². The van der Waals surface area contributed by atoms with Crippen LogP contribution in [0.15, 0.2) is 0 Å². The molecule has 16 heavy (non-hydrogen) atoms. The quantitative estimate of drug-likeness (QED) is 0.740. The SMILES string of the molecule is COCC1CCOC2(CN3CCC2CC3)N1. The van der Waals surface area contributed by atoms with Crippen LogP contribution >= 0.6 is 0 Å². The predicted molar refractivity (Wildman–Crippen MR) is 61.3 cm³/mol. The number of methoxy groups -OCH3 is 1. The highest BCUT2D eigenvalue weighted by Crippen LogP contribution is 2.38. The lowest BCUT2D eigenvalue weighted by molar-refractivity contribution is -0.200. The first-order valence-corrected chi connectivity index (χ1v) is 6.45. The molecule has 4 rings (SSSR count). The van der Waals surface area contributed by atoms with Gasteiger partial charge in [0.1, 0.15) is 5.72 Å². The number of piperidine rings is 3. The van der Waals surface area contributed by atoms with Gasteiger partial charge in [0.15, 0.2) is 0 Å². The third kappa shape index (κ3) is 1.78. The number of hydrogen-bond donors (Lipinski definition) is 1. The lowest BCUT2D eigenvalue weighted by atomic mass is 9.79. The molecule has 1 N–H and O–H groups in total. The van der Waals surface area contributed by atoms with E-state index >= 15 is 0 Å². The first-order valence-electron chi connectivity index (χ1n) is 6.45. The van der Waals surface area contributed by atoms with E-state index in [1.165, 1.54) is 25.9 Å². The number of fused-ring (bicyclic) bond motifs is 2. The Hall–Kier alpha value is -0.160. The van der Waals surface area contributed by atoms with Gasteiger partial charge in [-0.1, -0.05) is 0 Å². The zero-order chi connectivity index (χ0) is 11.0. The Bertz CT molecular complexity index is 251. The van der Waals surface area contributed by atoms with E-state index in [9.17, 15) is 0 Å². The van der Waals surface area contributed by atoms with Gasteiger partial charge in [-0.2, -0.15) is 0 Å². The number of nitrogens with one attached hydrogen (secondary N) is 1. The maximum atomic E-state index is 6.11. The fourth-order valence-corrected chi connectivity index (χ4v) is 3.51. The Morgan fingerprint density at radius 2 is 2.19 bits per heavy atom. The van der Waals surface area contributed by atoms with E-state index in [0.29, 0.717) is 12.0 Å². The van der Waals surface area contributed by atoms with Crippen molar-refractivity contribution < 1.29 is 9.47 Å². The number of ether oxygens (including phenoxy) is 2. The molecule has 0 aromatic carbocycles. The molecule has 0 aromatic heterocycles. The van der Waals surface area contributed by atoms with Crippen molar-refractivity contribution in [2.75, 3.05) is 40.0 Å². The Kier molecular flexibility index (Phi) is 2.92. The van der Waals surface area contributed by atoms with Crippen LogP contribution < -0.4 is 5.32 Å². The average Bonchev–Trinajstić information content (AvgIpc) is 2.31. The fourth-order valence-electron chi connectivity index (χ4n) is 3.51. The third-order valence-corrected chi connectivity index (χ3v) is 4.35. The smallest absolute Gasteiger partial charge is 0.135 e. The molecule has 2 bridgehead atoms. The van der Waals surface area contributed by atoms with E-state index in [2.05, 4.69) is 10.2 Å². The van der Waals surface area contributed by atoms with Crippen molar-refractivity contribution in [2.45, 2.75) is 31.0 Å². The average molecular weight is 226 g/mol. The standard InChI is InChI=1S/C12H22N2O2/c1-15-8-11-4-7-16-12(13-11)9-14-5-2-10(12)3-6-14/h10-11,13H,2-9H2,1H3. The minimum atomic E-state index is -0.0576. The first kappa shape index (κ1) is 11.0. The summed E-state index contributed by atoms with van der Waals surface area (Å²) in [7, 11) is 1.78. The van der Waals surface area contributed by atoms with Crippen LogP contribution in [0.2, 0.25) is 0 Å². The summed E-state index contributed by atoms with van der Waals surface area (Å²) < 4.78 is 11.4. The molecule has 4 aliphatic heterocycles. The molecule has 4 heterocycles. The topological polar surface area (TPSA) is 33.7 Å². The van der Waals surface area contributed by atoms with Gasteiger partial charge < -0.3 is 9.47 Å². The Morgan fingerprint density at radius 1 is 1.38 bits per heavy atom. The second kappa shape index (κ2) is 4.26. The van der Waals surface area contributed by atoms with Crippen LogP contribution in [0.25, 0.3) is 0 Å². The molecular weight excluding hydrogens is 204 g/mol. The van der Waals surface area contributed by atoms with E-state index in [0.717, 1.165) is 26.2 Å². The van der Waals surface area contributed by atoms with Crippen molar-refractivity contribution in [3.05, 3.63) is 0 Å². The van der Waals surface area contributed by atoms with Gasteiger partial charge in [0.05, 0.1) is 13.2 Å².